The van der Waals surface area contributed by atoms with Gasteiger partial charge in [0.05, 0.1) is 18.5 Å². The number of amides is 1. The van der Waals surface area contributed by atoms with Crippen molar-refractivity contribution in [2.45, 2.75) is 13.0 Å². The largest absolute Gasteiger partial charge is 0.464 e. The van der Waals surface area contributed by atoms with E-state index in [1.165, 1.54) is 6.20 Å². The molecule has 1 atom stereocenters. The van der Waals surface area contributed by atoms with E-state index in [1.807, 2.05) is 0 Å². The summed E-state index contributed by atoms with van der Waals surface area (Å²) in [6.07, 6.45) is 6.45. The van der Waals surface area contributed by atoms with Crippen molar-refractivity contribution in [1.82, 2.24) is 14.5 Å². The van der Waals surface area contributed by atoms with Crippen LogP contribution in [0.3, 0.4) is 0 Å². The Labute approximate surface area is 120 Å². The Hall–Kier alpha value is -2.74. The molecule has 2 rings (SSSR count). The number of hydrogen-bond donors (Lipinski definition) is 2. The van der Waals surface area contributed by atoms with Crippen LogP contribution in [-0.4, -0.2) is 39.1 Å². The van der Waals surface area contributed by atoms with Crippen molar-refractivity contribution < 1.29 is 14.3 Å². The zero-order valence-corrected chi connectivity index (χ0v) is 11.4. The van der Waals surface area contributed by atoms with Gasteiger partial charge in [-0.05, 0) is 19.1 Å². The van der Waals surface area contributed by atoms with Crippen LogP contribution < -0.4 is 11.1 Å². The van der Waals surface area contributed by atoms with Gasteiger partial charge in [0.2, 0.25) is 0 Å². The Morgan fingerprint density at radius 2 is 2.29 bits per heavy atom. The number of imidazole rings is 1. The molecular weight excluding hydrogens is 274 g/mol. The van der Waals surface area contributed by atoms with E-state index < -0.39 is 17.9 Å². The molecule has 8 heteroatoms. The predicted octanol–water partition coefficient (Wildman–Crippen LogP) is 0.0962. The number of pyridine rings is 1. The highest BCUT2D eigenvalue weighted by Gasteiger charge is 2.23. The first-order chi connectivity index (χ1) is 10.1. The first-order valence-electron chi connectivity index (χ1n) is 6.29. The highest BCUT2D eigenvalue weighted by Crippen LogP contribution is 2.09. The van der Waals surface area contributed by atoms with Crippen molar-refractivity contribution in [2.75, 3.05) is 11.9 Å². The Bertz CT molecular complexity index is 609. The summed E-state index contributed by atoms with van der Waals surface area (Å²) in [5.74, 6) is -0.760. The molecule has 0 saturated heterocycles. The smallest absolute Gasteiger partial charge is 0.332 e. The fraction of sp³-hybridized carbons (Fsp3) is 0.231. The van der Waals surface area contributed by atoms with Crippen LogP contribution in [0.1, 0.15) is 6.92 Å². The van der Waals surface area contributed by atoms with Gasteiger partial charge in [-0.25, -0.2) is 14.8 Å². The van der Waals surface area contributed by atoms with Gasteiger partial charge >= 0.3 is 5.97 Å². The maximum atomic E-state index is 11.8. The van der Waals surface area contributed by atoms with Crippen molar-refractivity contribution in [3.8, 4) is 5.82 Å². The third kappa shape index (κ3) is 3.63. The third-order valence-corrected chi connectivity index (χ3v) is 2.61. The van der Waals surface area contributed by atoms with Gasteiger partial charge in [0.1, 0.15) is 12.1 Å². The lowest BCUT2D eigenvalue weighted by atomic mass is 10.3. The summed E-state index contributed by atoms with van der Waals surface area (Å²) in [7, 11) is 0. The highest BCUT2D eigenvalue weighted by atomic mass is 16.5. The molecule has 0 spiro atoms. The summed E-state index contributed by atoms with van der Waals surface area (Å²) in [6.45, 7) is 1.81. The number of carbonyl (C=O) groups excluding carboxylic acids is 2. The first kappa shape index (κ1) is 14.7. The quantitative estimate of drug-likeness (QED) is 0.596. The highest BCUT2D eigenvalue weighted by molar-refractivity contribution is 6.08. The van der Waals surface area contributed by atoms with Crippen molar-refractivity contribution in [1.29, 1.82) is 0 Å². The summed E-state index contributed by atoms with van der Waals surface area (Å²) in [6, 6.07) is 1.99. The Kier molecular flexibility index (Phi) is 4.62. The van der Waals surface area contributed by atoms with Gasteiger partial charge in [0.25, 0.3) is 5.91 Å². The van der Waals surface area contributed by atoms with E-state index in [1.54, 1.807) is 42.3 Å². The lowest BCUT2D eigenvalue weighted by Gasteiger charge is -2.11. The number of nitrogens with zero attached hydrogens (tertiary/aromatic N) is 3. The SMILES string of the molecule is CCOC(=O)C(N)C(=O)Nc1ccc(-n2ccnc2)nc1. The summed E-state index contributed by atoms with van der Waals surface area (Å²) >= 11 is 0. The number of esters is 1. The van der Waals surface area contributed by atoms with E-state index in [2.05, 4.69) is 20.0 Å². The molecule has 0 radical (unpaired) electrons. The van der Waals surface area contributed by atoms with Crippen LogP contribution in [0.4, 0.5) is 5.69 Å². The number of rotatable bonds is 5. The average molecular weight is 289 g/mol. The van der Waals surface area contributed by atoms with Crippen LogP contribution in [-0.2, 0) is 14.3 Å². The van der Waals surface area contributed by atoms with Gasteiger partial charge in [0, 0.05) is 12.4 Å². The van der Waals surface area contributed by atoms with Crippen molar-refractivity contribution in [3.05, 3.63) is 37.1 Å². The molecular formula is C13H15N5O3. The normalized spacial score (nSPS) is 11.7. The van der Waals surface area contributed by atoms with Gasteiger partial charge in [0.15, 0.2) is 6.04 Å². The molecule has 0 saturated carbocycles. The number of ether oxygens (including phenoxy) is 1. The predicted molar refractivity (Wildman–Crippen MR) is 74.6 cm³/mol. The van der Waals surface area contributed by atoms with E-state index in [0.29, 0.717) is 11.5 Å². The summed E-state index contributed by atoms with van der Waals surface area (Å²) < 4.78 is 6.40. The van der Waals surface area contributed by atoms with Crippen LogP contribution in [0.2, 0.25) is 0 Å². The standard InChI is InChI=1S/C13H15N5O3/c1-2-21-13(20)11(14)12(19)17-9-3-4-10(16-7-9)18-6-5-15-8-18/h3-8,11H,2,14H2,1H3,(H,17,19). The molecule has 110 valence electrons. The van der Waals surface area contributed by atoms with Gasteiger partial charge < -0.3 is 15.8 Å². The van der Waals surface area contributed by atoms with Crippen molar-refractivity contribution >= 4 is 17.6 Å². The lowest BCUT2D eigenvalue weighted by Crippen LogP contribution is -2.43. The van der Waals surface area contributed by atoms with E-state index in [4.69, 9.17) is 5.73 Å². The van der Waals surface area contributed by atoms with Crippen molar-refractivity contribution in [3.63, 3.8) is 0 Å². The van der Waals surface area contributed by atoms with E-state index in [9.17, 15) is 9.59 Å². The lowest BCUT2D eigenvalue weighted by molar-refractivity contribution is -0.146. The van der Waals surface area contributed by atoms with Crippen LogP contribution >= 0.6 is 0 Å². The van der Waals surface area contributed by atoms with Gasteiger partial charge in [-0.2, -0.15) is 0 Å². The minimum atomic E-state index is -1.36. The Morgan fingerprint density at radius 1 is 1.48 bits per heavy atom. The van der Waals surface area contributed by atoms with E-state index >= 15 is 0 Å². The monoisotopic (exact) mass is 289 g/mol. The van der Waals surface area contributed by atoms with E-state index in [-0.39, 0.29) is 6.61 Å². The molecule has 0 bridgehead atoms. The third-order valence-electron chi connectivity index (χ3n) is 2.61. The fourth-order valence-corrected chi connectivity index (χ4v) is 1.57. The van der Waals surface area contributed by atoms with Crippen LogP contribution in [0.25, 0.3) is 5.82 Å². The molecule has 0 aliphatic carbocycles. The number of hydrogen-bond acceptors (Lipinski definition) is 6. The maximum Gasteiger partial charge on any atom is 0.332 e. The summed E-state index contributed by atoms with van der Waals surface area (Å²) in [4.78, 5) is 31.2. The second-order valence-electron chi connectivity index (χ2n) is 4.09. The minimum Gasteiger partial charge on any atom is -0.464 e. The molecule has 2 aromatic rings. The second-order valence-corrected chi connectivity index (χ2v) is 4.09. The average Bonchev–Trinajstić information content (AvgIpc) is 3.01. The Balaban J connectivity index is 2.00. The number of nitrogens with two attached hydrogens (primary N) is 1. The molecule has 2 aromatic heterocycles. The topological polar surface area (TPSA) is 112 Å². The van der Waals surface area contributed by atoms with Gasteiger partial charge in [-0.15, -0.1) is 0 Å². The zero-order valence-electron chi connectivity index (χ0n) is 11.4. The number of nitrogens with one attached hydrogen (secondary N) is 1. The molecule has 0 aliphatic rings. The molecule has 2 heterocycles. The molecule has 3 N–H and O–H groups in total. The van der Waals surface area contributed by atoms with Crippen LogP contribution in [0.15, 0.2) is 37.1 Å². The zero-order chi connectivity index (χ0) is 15.2. The maximum absolute atomic E-state index is 11.8. The van der Waals surface area contributed by atoms with E-state index in [0.717, 1.165) is 0 Å². The summed E-state index contributed by atoms with van der Waals surface area (Å²) in [5.41, 5.74) is 5.92. The summed E-state index contributed by atoms with van der Waals surface area (Å²) in [5, 5.41) is 2.50. The molecule has 1 amide bonds. The van der Waals surface area contributed by atoms with Crippen molar-refractivity contribution in [2.24, 2.45) is 5.73 Å². The molecule has 21 heavy (non-hydrogen) atoms. The molecule has 1 unspecified atom stereocenters. The van der Waals surface area contributed by atoms with Gasteiger partial charge in [-0.3, -0.25) is 9.36 Å². The molecule has 8 nitrogen and oxygen atoms in total. The van der Waals surface area contributed by atoms with Crippen LogP contribution in [0.5, 0.6) is 0 Å². The van der Waals surface area contributed by atoms with Crippen LogP contribution in [0, 0.1) is 0 Å². The molecule has 0 aromatic carbocycles. The van der Waals surface area contributed by atoms with Gasteiger partial charge in [-0.1, -0.05) is 0 Å². The molecule has 0 fully saturated rings. The fourth-order valence-electron chi connectivity index (χ4n) is 1.57. The minimum absolute atomic E-state index is 0.168. The Morgan fingerprint density at radius 3 is 2.86 bits per heavy atom. The first-order valence-corrected chi connectivity index (χ1v) is 6.29. The second kappa shape index (κ2) is 6.62. The number of carbonyl (C=O) groups is 2. The molecule has 0 aliphatic heterocycles. The number of anilines is 1. The number of aromatic nitrogens is 3.